The first-order chi connectivity index (χ1) is 43.0. The number of phosphoric acid groups is 1. The Bertz CT molecular complexity index is 1620. The summed E-state index contributed by atoms with van der Waals surface area (Å²) in [6.07, 6.45) is 91.0. The van der Waals surface area contributed by atoms with Gasteiger partial charge in [0, 0.05) is 12.8 Å². The molecule has 1 N–H and O–H groups in total. The number of phosphoric ester groups is 1. The third kappa shape index (κ3) is 73.0. The Labute approximate surface area is 547 Å². The molecule has 9 nitrogen and oxygen atoms in total. The van der Waals surface area contributed by atoms with Crippen molar-refractivity contribution >= 4 is 19.8 Å². The number of esters is 2. The molecule has 0 aliphatic rings. The van der Waals surface area contributed by atoms with Crippen molar-refractivity contribution in [1.82, 2.24) is 0 Å². The van der Waals surface area contributed by atoms with Crippen LogP contribution in [0.1, 0.15) is 386 Å². The summed E-state index contributed by atoms with van der Waals surface area (Å²) in [6.45, 7) is 4.49. The van der Waals surface area contributed by atoms with Crippen LogP contribution in [0.15, 0.2) is 48.6 Å². The minimum atomic E-state index is -4.39. The molecule has 2 atom stereocenters. The van der Waals surface area contributed by atoms with Crippen molar-refractivity contribution in [3.05, 3.63) is 48.6 Å². The molecule has 0 radical (unpaired) electrons. The molecule has 2 unspecified atom stereocenters. The highest BCUT2D eigenvalue weighted by atomic mass is 31.2. The summed E-state index contributed by atoms with van der Waals surface area (Å²) in [7, 11) is 1.49. The lowest BCUT2D eigenvalue weighted by atomic mass is 10.0. The molecular formula is C78H149NO8P+. The zero-order chi connectivity index (χ0) is 64.1. The maximum Gasteiger partial charge on any atom is 0.472 e. The van der Waals surface area contributed by atoms with Crippen LogP contribution < -0.4 is 0 Å². The van der Waals surface area contributed by atoms with E-state index in [0.29, 0.717) is 23.9 Å². The maximum atomic E-state index is 12.9. The van der Waals surface area contributed by atoms with Gasteiger partial charge in [-0.2, -0.15) is 0 Å². The summed E-state index contributed by atoms with van der Waals surface area (Å²) < 4.78 is 34.8. The third-order valence-corrected chi connectivity index (χ3v) is 18.3. The maximum absolute atomic E-state index is 12.9. The van der Waals surface area contributed by atoms with Crippen molar-refractivity contribution < 1.29 is 42.1 Å². The van der Waals surface area contributed by atoms with Crippen molar-refractivity contribution in [3.8, 4) is 0 Å². The van der Waals surface area contributed by atoms with Crippen molar-refractivity contribution in [2.24, 2.45) is 0 Å². The number of ether oxygens (including phenoxy) is 2. The average molecular weight is 1260 g/mol. The van der Waals surface area contributed by atoms with E-state index < -0.39 is 26.5 Å². The Balaban J connectivity index is 3.95. The number of carbonyl (C=O) groups is 2. The Kier molecular flexibility index (Phi) is 67.7. The van der Waals surface area contributed by atoms with E-state index in [0.717, 1.165) is 44.9 Å². The molecule has 0 aromatic rings. The van der Waals surface area contributed by atoms with Gasteiger partial charge in [-0.15, -0.1) is 0 Å². The van der Waals surface area contributed by atoms with E-state index in [4.69, 9.17) is 18.5 Å². The van der Waals surface area contributed by atoms with Crippen LogP contribution in [0.25, 0.3) is 0 Å². The number of allylic oxidation sites excluding steroid dienone is 8. The number of likely N-dealkylation sites (N-methyl/N-ethyl adjacent to an activating group) is 1. The highest BCUT2D eigenvalue weighted by Crippen LogP contribution is 2.43. The molecular weight excluding hydrogens is 1110 g/mol. The fourth-order valence-electron chi connectivity index (χ4n) is 11.4. The normalized spacial score (nSPS) is 13.3. The first-order valence-corrected chi connectivity index (χ1v) is 39.9. The zero-order valence-electron chi connectivity index (χ0n) is 59.2. The quantitative estimate of drug-likeness (QED) is 0.0211. The zero-order valence-corrected chi connectivity index (χ0v) is 60.1. The van der Waals surface area contributed by atoms with Gasteiger partial charge in [0.1, 0.15) is 19.8 Å². The third-order valence-electron chi connectivity index (χ3n) is 17.3. The lowest BCUT2D eigenvalue weighted by molar-refractivity contribution is -0.870. The molecule has 0 spiro atoms. The Morgan fingerprint density at radius 2 is 0.614 bits per heavy atom. The van der Waals surface area contributed by atoms with E-state index >= 15 is 0 Å². The molecule has 0 aliphatic carbocycles. The van der Waals surface area contributed by atoms with Crippen LogP contribution >= 0.6 is 7.82 Å². The molecule has 0 aromatic heterocycles. The summed E-state index contributed by atoms with van der Waals surface area (Å²) in [5.41, 5.74) is 0. The van der Waals surface area contributed by atoms with Crippen LogP contribution in [0.3, 0.4) is 0 Å². The van der Waals surface area contributed by atoms with Crippen molar-refractivity contribution in [3.63, 3.8) is 0 Å². The number of quaternary nitrogens is 1. The van der Waals surface area contributed by atoms with Crippen LogP contribution in [-0.4, -0.2) is 74.9 Å². The topological polar surface area (TPSA) is 108 Å². The smallest absolute Gasteiger partial charge is 0.462 e. The molecule has 88 heavy (non-hydrogen) atoms. The number of carbonyl (C=O) groups excluding carboxylic acids is 2. The first kappa shape index (κ1) is 86.0. The van der Waals surface area contributed by atoms with Gasteiger partial charge < -0.3 is 18.9 Å². The molecule has 0 saturated heterocycles. The van der Waals surface area contributed by atoms with E-state index in [1.54, 1.807) is 0 Å². The van der Waals surface area contributed by atoms with Gasteiger partial charge in [0.2, 0.25) is 0 Å². The van der Waals surface area contributed by atoms with Gasteiger partial charge in [0.25, 0.3) is 0 Å². The number of nitrogens with zero attached hydrogens (tertiary/aromatic N) is 1. The lowest BCUT2D eigenvalue weighted by Gasteiger charge is -2.24. The largest absolute Gasteiger partial charge is 0.472 e. The van der Waals surface area contributed by atoms with E-state index in [1.165, 1.54) is 308 Å². The molecule has 0 bridgehead atoms. The summed E-state index contributed by atoms with van der Waals surface area (Å²) in [5, 5.41) is 0. The fraction of sp³-hybridized carbons (Fsp3) is 0.872. The number of hydrogen-bond acceptors (Lipinski definition) is 7. The Morgan fingerprint density at radius 1 is 0.352 bits per heavy atom. The van der Waals surface area contributed by atoms with Gasteiger partial charge in [-0.05, 0) is 77.0 Å². The first-order valence-electron chi connectivity index (χ1n) is 38.4. The minimum Gasteiger partial charge on any atom is -0.462 e. The molecule has 0 aromatic carbocycles. The highest BCUT2D eigenvalue weighted by molar-refractivity contribution is 7.47. The second-order valence-electron chi connectivity index (χ2n) is 27.4. The standard InChI is InChI=1S/C78H148NO8P/c1-6-8-10-12-14-16-18-20-22-24-26-28-30-32-34-36-37-38-39-40-41-43-44-46-48-50-52-54-56-58-60-62-64-66-68-70-77(80)84-74-76(75-86-88(82,83)85-73-72-79(3,4)5)87-78(81)71-69-67-65-63-61-59-57-55-53-51-49-47-45-42-35-33-31-29-27-25-23-21-19-17-15-13-11-9-7-2/h19,21,24-27,31,33,76H,6-18,20,22-23,28-30,32,34-75H2,1-5H3/p+1/b21-19-,26-24-,27-25-,33-31-. The predicted molar refractivity (Wildman–Crippen MR) is 381 cm³/mol. The van der Waals surface area contributed by atoms with Crippen molar-refractivity contribution in [1.29, 1.82) is 0 Å². The Hall–Kier alpha value is -2.03. The number of hydrogen-bond donors (Lipinski definition) is 1. The van der Waals surface area contributed by atoms with Gasteiger partial charge in [-0.25, -0.2) is 4.57 Å². The van der Waals surface area contributed by atoms with Crippen molar-refractivity contribution in [2.45, 2.75) is 392 Å². The average Bonchev–Trinajstić information content (AvgIpc) is 3.68. The molecule has 0 saturated carbocycles. The molecule has 518 valence electrons. The molecule has 10 heteroatoms. The molecule has 0 heterocycles. The fourth-order valence-corrected chi connectivity index (χ4v) is 12.2. The highest BCUT2D eigenvalue weighted by Gasteiger charge is 2.27. The van der Waals surface area contributed by atoms with Crippen LogP contribution in [0, 0.1) is 0 Å². The second-order valence-corrected chi connectivity index (χ2v) is 28.8. The van der Waals surface area contributed by atoms with E-state index in [9.17, 15) is 19.0 Å². The summed E-state index contributed by atoms with van der Waals surface area (Å²) in [4.78, 5) is 35.9. The van der Waals surface area contributed by atoms with Gasteiger partial charge in [0.05, 0.1) is 27.7 Å². The lowest BCUT2D eigenvalue weighted by Crippen LogP contribution is -2.37. The van der Waals surface area contributed by atoms with Crippen molar-refractivity contribution in [2.75, 3.05) is 47.5 Å². The molecule has 0 amide bonds. The van der Waals surface area contributed by atoms with Crippen LogP contribution in [0.4, 0.5) is 0 Å². The van der Waals surface area contributed by atoms with Crippen LogP contribution in [0.5, 0.6) is 0 Å². The monoisotopic (exact) mass is 1260 g/mol. The summed E-state index contributed by atoms with van der Waals surface area (Å²) >= 11 is 0. The second kappa shape index (κ2) is 69.3. The molecule has 0 rings (SSSR count). The SMILES string of the molecule is CCCCCCC/C=C\C/C=C\C/C=C\CCCCCCCCCCCCCCCCC(=O)OC(COC(=O)CCCCCCCCCCCCCCCCCCCCCCCCC/C=C\CCCCCCCCCC)COP(=O)(O)OCC[N+](C)(C)C. The number of rotatable bonds is 72. The summed E-state index contributed by atoms with van der Waals surface area (Å²) in [5.74, 6) is -0.778. The Morgan fingerprint density at radius 3 is 0.920 bits per heavy atom. The van der Waals surface area contributed by atoms with Gasteiger partial charge in [-0.3, -0.25) is 18.6 Å². The molecule has 0 aliphatic heterocycles. The predicted octanol–water partition coefficient (Wildman–Crippen LogP) is 25.2. The van der Waals surface area contributed by atoms with Gasteiger partial charge in [0.15, 0.2) is 6.10 Å². The van der Waals surface area contributed by atoms with E-state index in [-0.39, 0.29) is 25.6 Å². The van der Waals surface area contributed by atoms with E-state index in [2.05, 4.69) is 62.5 Å². The minimum absolute atomic E-state index is 0.0333. The van der Waals surface area contributed by atoms with Crippen LogP contribution in [-0.2, 0) is 32.7 Å². The van der Waals surface area contributed by atoms with Gasteiger partial charge >= 0.3 is 19.8 Å². The van der Waals surface area contributed by atoms with E-state index in [1.807, 2.05) is 21.1 Å². The van der Waals surface area contributed by atoms with Crippen LogP contribution in [0.2, 0.25) is 0 Å². The van der Waals surface area contributed by atoms with Gasteiger partial charge in [-0.1, -0.05) is 345 Å². The molecule has 0 fully saturated rings. The summed E-state index contributed by atoms with van der Waals surface area (Å²) in [6, 6.07) is 0. The number of unbranched alkanes of at least 4 members (excludes halogenated alkanes) is 50.